The van der Waals surface area contributed by atoms with Gasteiger partial charge in [-0.2, -0.15) is 0 Å². The predicted octanol–water partition coefficient (Wildman–Crippen LogP) is 0.380. The zero-order chi connectivity index (χ0) is 14.1. The number of rotatable bonds is 4. The topological polar surface area (TPSA) is 89.9 Å². The number of carbonyl (C=O) groups is 2. The molecule has 0 bridgehead atoms. The minimum absolute atomic E-state index is 0.132. The van der Waals surface area contributed by atoms with Gasteiger partial charge in [0.15, 0.2) is 11.3 Å². The van der Waals surface area contributed by atoms with Gasteiger partial charge in [0.1, 0.15) is 0 Å². The number of carbonyl (C=O) groups excluding carboxylic acids is 2. The Kier molecular flexibility index (Phi) is 3.71. The van der Waals surface area contributed by atoms with Gasteiger partial charge in [0, 0.05) is 12.5 Å². The second-order valence-electron chi connectivity index (χ2n) is 5.57. The largest absolute Gasteiger partial charge is 0.550 e. The first-order chi connectivity index (χ1) is 8.89. The Morgan fingerprint density at radius 2 is 2.05 bits per heavy atom. The molecule has 1 unspecified atom stereocenters. The van der Waals surface area contributed by atoms with Crippen LogP contribution in [0.4, 0.5) is 4.79 Å². The highest BCUT2D eigenvalue weighted by Crippen LogP contribution is 2.46. The summed E-state index contributed by atoms with van der Waals surface area (Å²) in [6.07, 6.45) is 3.82. The van der Waals surface area contributed by atoms with Crippen LogP contribution in [0.5, 0.6) is 0 Å². The first-order valence-corrected chi connectivity index (χ1v) is 6.82. The summed E-state index contributed by atoms with van der Waals surface area (Å²) in [5.41, 5.74) is -2.19. The Hall–Kier alpha value is -1.30. The summed E-state index contributed by atoms with van der Waals surface area (Å²) in [7, 11) is 0. The number of nitrogens with zero attached hydrogens (tertiary/aromatic N) is 1. The highest BCUT2D eigenvalue weighted by atomic mass is 16.6. The van der Waals surface area contributed by atoms with Crippen LogP contribution in [-0.2, 0) is 9.53 Å². The average Bonchev–Trinajstić information content (AvgIpc) is 2.50. The summed E-state index contributed by atoms with van der Waals surface area (Å²) in [4.78, 5) is 23.6. The van der Waals surface area contributed by atoms with E-state index < -0.39 is 23.4 Å². The van der Waals surface area contributed by atoms with Gasteiger partial charge in [-0.05, 0) is 45.4 Å². The number of amides is 1. The average molecular weight is 270 g/mol. The van der Waals surface area contributed by atoms with Crippen LogP contribution in [-0.4, -0.2) is 39.9 Å². The molecule has 0 aromatic carbocycles. The van der Waals surface area contributed by atoms with Crippen molar-refractivity contribution < 1.29 is 24.5 Å². The van der Waals surface area contributed by atoms with Crippen LogP contribution < -0.4 is 5.11 Å². The molecule has 0 radical (unpaired) electrons. The number of ether oxygens (including phenoxy) is 1. The zero-order valence-corrected chi connectivity index (χ0v) is 11.2. The summed E-state index contributed by atoms with van der Waals surface area (Å²) in [5, 5.41) is 21.1. The van der Waals surface area contributed by atoms with Crippen molar-refractivity contribution in [3.05, 3.63) is 0 Å². The summed E-state index contributed by atoms with van der Waals surface area (Å²) in [6.45, 7) is 1.75. The molecule has 1 N–H and O–H groups in total. The number of hydrogen-bond donors (Lipinski definition) is 1. The smallest absolute Gasteiger partial charge is 0.412 e. The van der Waals surface area contributed by atoms with Gasteiger partial charge in [0.05, 0.1) is 0 Å². The molecule has 6 nitrogen and oxygen atoms in total. The Labute approximate surface area is 112 Å². The highest BCUT2D eigenvalue weighted by Gasteiger charge is 2.61. The third-order valence-corrected chi connectivity index (χ3v) is 4.32. The van der Waals surface area contributed by atoms with Gasteiger partial charge in [-0.1, -0.05) is 6.42 Å². The monoisotopic (exact) mass is 270 g/mol. The molecule has 1 spiro atoms. The normalized spacial score (nSPS) is 29.6. The van der Waals surface area contributed by atoms with Crippen LogP contribution in [0.1, 0.15) is 51.9 Å². The second kappa shape index (κ2) is 5.00. The van der Waals surface area contributed by atoms with Crippen molar-refractivity contribution in [1.82, 2.24) is 4.90 Å². The maximum absolute atomic E-state index is 11.9. The molecule has 1 atom stereocenters. The Bertz CT molecular complexity index is 373. The van der Waals surface area contributed by atoms with Gasteiger partial charge < -0.3 is 19.7 Å². The van der Waals surface area contributed by atoms with Crippen LogP contribution in [0.3, 0.4) is 0 Å². The Balaban J connectivity index is 2.07. The van der Waals surface area contributed by atoms with E-state index in [1.807, 2.05) is 0 Å². The Morgan fingerprint density at radius 1 is 1.42 bits per heavy atom. The highest BCUT2D eigenvalue weighted by molar-refractivity contribution is 5.72. The molecule has 108 valence electrons. The fourth-order valence-electron chi connectivity index (χ4n) is 3.13. The fraction of sp³-hybridized carbons (Fsp3) is 0.846. The molecule has 0 aromatic rings. The lowest BCUT2D eigenvalue weighted by Crippen LogP contribution is -2.57. The van der Waals surface area contributed by atoms with Crippen molar-refractivity contribution in [3.63, 3.8) is 0 Å². The number of hydrogen-bond acceptors (Lipinski definition) is 5. The minimum atomic E-state index is -1.36. The molecule has 1 saturated carbocycles. The minimum Gasteiger partial charge on any atom is -0.550 e. The van der Waals surface area contributed by atoms with Crippen LogP contribution in [0, 0.1) is 0 Å². The maximum Gasteiger partial charge on any atom is 0.412 e. The lowest BCUT2D eigenvalue weighted by atomic mass is 9.77. The first-order valence-electron chi connectivity index (χ1n) is 6.82. The molecule has 1 amide bonds. The van der Waals surface area contributed by atoms with E-state index in [4.69, 9.17) is 4.74 Å². The number of aliphatic hydroxyl groups is 1. The molecule has 2 aliphatic rings. The molecule has 19 heavy (non-hydrogen) atoms. The van der Waals surface area contributed by atoms with Crippen molar-refractivity contribution in [1.29, 1.82) is 0 Å². The van der Waals surface area contributed by atoms with Crippen molar-refractivity contribution >= 4 is 12.1 Å². The molecule has 6 heteroatoms. The third kappa shape index (κ3) is 2.41. The summed E-state index contributed by atoms with van der Waals surface area (Å²) in [6, 6.07) is 0. The van der Waals surface area contributed by atoms with E-state index in [0.717, 1.165) is 19.3 Å². The molecule has 1 aliphatic heterocycles. The van der Waals surface area contributed by atoms with Gasteiger partial charge in [0.25, 0.3) is 0 Å². The summed E-state index contributed by atoms with van der Waals surface area (Å²) in [5.74, 6) is -1.15. The standard InChI is InChI=1S/C13H21NO5/c1-12(18)13(7-3-2-4-8-13)19-11(17)14(12)9-5-6-10(15)16/h18H,2-9H2,1H3,(H,15,16)/p-1. The van der Waals surface area contributed by atoms with Crippen molar-refractivity contribution in [2.75, 3.05) is 6.54 Å². The van der Waals surface area contributed by atoms with Crippen molar-refractivity contribution in [3.8, 4) is 0 Å². The van der Waals surface area contributed by atoms with Gasteiger partial charge in [-0.3, -0.25) is 4.90 Å². The summed E-state index contributed by atoms with van der Waals surface area (Å²) < 4.78 is 5.45. The molecular formula is C13H20NO5-. The van der Waals surface area contributed by atoms with Gasteiger partial charge in [-0.25, -0.2) is 4.79 Å². The van der Waals surface area contributed by atoms with E-state index in [0.29, 0.717) is 12.8 Å². The lowest BCUT2D eigenvalue weighted by Gasteiger charge is -2.42. The predicted molar refractivity (Wildman–Crippen MR) is 63.9 cm³/mol. The quantitative estimate of drug-likeness (QED) is 0.797. The van der Waals surface area contributed by atoms with E-state index >= 15 is 0 Å². The van der Waals surface area contributed by atoms with E-state index in [2.05, 4.69) is 0 Å². The fourth-order valence-corrected chi connectivity index (χ4v) is 3.13. The maximum atomic E-state index is 11.9. The molecule has 0 aromatic heterocycles. The van der Waals surface area contributed by atoms with E-state index in [1.54, 1.807) is 6.92 Å². The van der Waals surface area contributed by atoms with Gasteiger partial charge in [0.2, 0.25) is 0 Å². The number of aliphatic carboxylic acids is 1. The van der Waals surface area contributed by atoms with E-state index in [1.165, 1.54) is 4.90 Å². The van der Waals surface area contributed by atoms with Crippen molar-refractivity contribution in [2.45, 2.75) is 63.2 Å². The van der Waals surface area contributed by atoms with Gasteiger partial charge in [-0.15, -0.1) is 0 Å². The first kappa shape index (κ1) is 14.1. The van der Waals surface area contributed by atoms with Crippen LogP contribution in [0.25, 0.3) is 0 Å². The van der Waals surface area contributed by atoms with E-state index in [-0.39, 0.29) is 19.4 Å². The second-order valence-corrected chi connectivity index (χ2v) is 5.57. The molecule has 1 heterocycles. The lowest BCUT2D eigenvalue weighted by molar-refractivity contribution is -0.305. The zero-order valence-electron chi connectivity index (χ0n) is 11.2. The molecule has 1 aliphatic carbocycles. The number of carboxylic acid groups (broad SMARTS) is 1. The van der Waals surface area contributed by atoms with E-state index in [9.17, 15) is 19.8 Å². The number of carboxylic acids is 1. The molecule has 2 fully saturated rings. The van der Waals surface area contributed by atoms with Crippen LogP contribution >= 0.6 is 0 Å². The summed E-state index contributed by atoms with van der Waals surface area (Å²) >= 11 is 0. The van der Waals surface area contributed by atoms with Crippen LogP contribution in [0.15, 0.2) is 0 Å². The van der Waals surface area contributed by atoms with Crippen LogP contribution in [0.2, 0.25) is 0 Å². The molecular weight excluding hydrogens is 250 g/mol. The third-order valence-electron chi connectivity index (χ3n) is 4.32. The molecule has 2 rings (SSSR count). The Morgan fingerprint density at radius 3 is 2.63 bits per heavy atom. The molecule has 1 saturated heterocycles. The van der Waals surface area contributed by atoms with Gasteiger partial charge >= 0.3 is 6.09 Å². The SMILES string of the molecule is CC1(O)N(CCCC(=O)[O-])C(=O)OC12CCCCC2. The van der Waals surface area contributed by atoms with Crippen molar-refractivity contribution in [2.24, 2.45) is 0 Å².